The topological polar surface area (TPSA) is 50.3 Å². The number of likely N-dealkylation sites (N-methyl/N-ethyl adjacent to an activating group) is 1. The van der Waals surface area contributed by atoms with E-state index >= 15 is 0 Å². The predicted molar refractivity (Wildman–Crippen MR) is 73.2 cm³/mol. The number of nitrogens with two attached hydrogens (primary N) is 1. The summed E-state index contributed by atoms with van der Waals surface area (Å²) in [5.41, 5.74) is 7.19. The quantitative estimate of drug-likeness (QED) is 0.816. The lowest BCUT2D eigenvalue weighted by atomic mass is 10.1. The Hall–Kier alpha value is -0.910. The Labute approximate surface area is 110 Å². The summed E-state index contributed by atoms with van der Waals surface area (Å²) in [4.78, 5) is 4.87. The average molecular weight is 251 g/mol. The second-order valence-electron chi connectivity index (χ2n) is 5.44. The largest absolute Gasteiger partial charge is 0.328 e. The SMILES string of the molecule is CN(CCN1CCC(N)CC1)Cc1cnn(C)c1. The number of aryl methyl sites for hydroxylation is 1. The Balaban J connectivity index is 1.67. The zero-order valence-corrected chi connectivity index (χ0v) is 11.5. The molecular weight excluding hydrogens is 226 g/mol. The smallest absolute Gasteiger partial charge is 0.0534 e. The molecule has 5 heteroatoms. The van der Waals surface area contributed by atoms with E-state index in [9.17, 15) is 0 Å². The fourth-order valence-corrected chi connectivity index (χ4v) is 2.43. The minimum absolute atomic E-state index is 0.425. The first-order chi connectivity index (χ1) is 8.63. The molecule has 1 aromatic rings. The van der Waals surface area contributed by atoms with Gasteiger partial charge in [0.25, 0.3) is 0 Å². The molecule has 2 rings (SSSR count). The van der Waals surface area contributed by atoms with Gasteiger partial charge in [0.1, 0.15) is 0 Å². The highest BCUT2D eigenvalue weighted by Gasteiger charge is 2.15. The van der Waals surface area contributed by atoms with E-state index in [1.807, 2.05) is 17.9 Å². The zero-order chi connectivity index (χ0) is 13.0. The van der Waals surface area contributed by atoms with Crippen LogP contribution in [0.1, 0.15) is 18.4 Å². The summed E-state index contributed by atoms with van der Waals surface area (Å²) in [5, 5.41) is 4.19. The number of likely N-dealkylation sites (tertiary alicyclic amines) is 1. The van der Waals surface area contributed by atoms with Crippen LogP contribution in [0, 0.1) is 0 Å². The lowest BCUT2D eigenvalue weighted by Crippen LogP contribution is -2.42. The fraction of sp³-hybridized carbons (Fsp3) is 0.769. The molecular formula is C13H25N5. The standard InChI is InChI=1S/C13H25N5/c1-16(10-12-9-15-17(2)11-12)7-8-18-5-3-13(14)4-6-18/h9,11,13H,3-8,10,14H2,1-2H3. The van der Waals surface area contributed by atoms with Gasteiger partial charge < -0.3 is 15.5 Å². The Kier molecular flexibility index (Phi) is 4.74. The Bertz CT molecular complexity index is 354. The van der Waals surface area contributed by atoms with Crippen LogP contribution in [0.3, 0.4) is 0 Å². The van der Waals surface area contributed by atoms with Crippen molar-refractivity contribution in [2.45, 2.75) is 25.4 Å². The number of aromatic nitrogens is 2. The molecule has 0 bridgehead atoms. The summed E-state index contributed by atoms with van der Waals surface area (Å²) in [5.74, 6) is 0. The molecule has 0 atom stereocenters. The summed E-state index contributed by atoms with van der Waals surface area (Å²) < 4.78 is 1.86. The molecule has 2 N–H and O–H groups in total. The van der Waals surface area contributed by atoms with Gasteiger partial charge in [-0.1, -0.05) is 0 Å². The van der Waals surface area contributed by atoms with Crippen molar-refractivity contribution in [3.8, 4) is 0 Å². The van der Waals surface area contributed by atoms with Crippen LogP contribution in [0.4, 0.5) is 0 Å². The average Bonchev–Trinajstić information content (AvgIpc) is 2.74. The molecule has 1 aliphatic heterocycles. The maximum atomic E-state index is 5.91. The first-order valence-corrected chi connectivity index (χ1v) is 6.77. The van der Waals surface area contributed by atoms with Gasteiger partial charge >= 0.3 is 0 Å². The normalized spacial score (nSPS) is 18.7. The Morgan fingerprint density at radius 1 is 1.44 bits per heavy atom. The molecule has 2 heterocycles. The highest BCUT2D eigenvalue weighted by atomic mass is 15.2. The number of hydrogen-bond acceptors (Lipinski definition) is 4. The zero-order valence-electron chi connectivity index (χ0n) is 11.5. The maximum Gasteiger partial charge on any atom is 0.0534 e. The van der Waals surface area contributed by atoms with E-state index in [4.69, 9.17) is 5.73 Å². The summed E-state index contributed by atoms with van der Waals surface area (Å²) in [6, 6.07) is 0.425. The number of piperidine rings is 1. The highest BCUT2D eigenvalue weighted by Crippen LogP contribution is 2.08. The van der Waals surface area contributed by atoms with Gasteiger partial charge in [0.05, 0.1) is 6.20 Å². The highest BCUT2D eigenvalue weighted by molar-refractivity contribution is 5.02. The predicted octanol–water partition coefficient (Wildman–Crippen LogP) is 0.275. The minimum atomic E-state index is 0.425. The van der Waals surface area contributed by atoms with Gasteiger partial charge in [0.15, 0.2) is 0 Å². The van der Waals surface area contributed by atoms with Crippen LogP contribution in [-0.4, -0.2) is 58.8 Å². The van der Waals surface area contributed by atoms with Crippen molar-refractivity contribution in [1.29, 1.82) is 0 Å². The van der Waals surface area contributed by atoms with Crippen molar-refractivity contribution < 1.29 is 0 Å². The van der Waals surface area contributed by atoms with E-state index in [2.05, 4.69) is 28.1 Å². The van der Waals surface area contributed by atoms with Gasteiger partial charge in [-0.15, -0.1) is 0 Å². The van der Waals surface area contributed by atoms with Crippen LogP contribution in [0.2, 0.25) is 0 Å². The molecule has 0 spiro atoms. The monoisotopic (exact) mass is 251 g/mol. The van der Waals surface area contributed by atoms with Crippen LogP contribution in [0.5, 0.6) is 0 Å². The van der Waals surface area contributed by atoms with Gasteiger partial charge in [-0.3, -0.25) is 4.68 Å². The van der Waals surface area contributed by atoms with E-state index in [1.165, 1.54) is 5.56 Å². The van der Waals surface area contributed by atoms with Crippen LogP contribution in [0.25, 0.3) is 0 Å². The van der Waals surface area contributed by atoms with Gasteiger partial charge in [-0.2, -0.15) is 5.10 Å². The van der Waals surface area contributed by atoms with Gasteiger partial charge in [-0.05, 0) is 33.0 Å². The molecule has 0 aliphatic carbocycles. The molecule has 0 saturated carbocycles. The lowest BCUT2D eigenvalue weighted by Gasteiger charge is -2.31. The number of nitrogens with zero attached hydrogens (tertiary/aromatic N) is 4. The molecule has 0 amide bonds. The van der Waals surface area contributed by atoms with E-state index in [0.717, 1.165) is 45.6 Å². The molecule has 0 radical (unpaired) electrons. The Morgan fingerprint density at radius 2 is 2.17 bits per heavy atom. The second kappa shape index (κ2) is 6.31. The van der Waals surface area contributed by atoms with E-state index in [-0.39, 0.29) is 0 Å². The molecule has 0 aromatic carbocycles. The third kappa shape index (κ3) is 4.08. The first kappa shape index (κ1) is 13.5. The molecule has 18 heavy (non-hydrogen) atoms. The van der Waals surface area contributed by atoms with E-state index in [0.29, 0.717) is 6.04 Å². The minimum Gasteiger partial charge on any atom is -0.328 e. The summed E-state index contributed by atoms with van der Waals surface area (Å²) >= 11 is 0. The number of rotatable bonds is 5. The van der Waals surface area contributed by atoms with Crippen LogP contribution < -0.4 is 5.73 Å². The third-order valence-electron chi connectivity index (χ3n) is 3.64. The van der Waals surface area contributed by atoms with Crippen LogP contribution in [-0.2, 0) is 13.6 Å². The molecule has 0 unspecified atom stereocenters. The molecule has 1 aliphatic rings. The van der Waals surface area contributed by atoms with Crippen molar-refractivity contribution in [2.75, 3.05) is 33.2 Å². The maximum absolute atomic E-state index is 5.91. The molecule has 1 aromatic heterocycles. The van der Waals surface area contributed by atoms with Gasteiger partial charge in [0, 0.05) is 44.5 Å². The van der Waals surface area contributed by atoms with Crippen LogP contribution in [0.15, 0.2) is 12.4 Å². The number of hydrogen-bond donors (Lipinski definition) is 1. The second-order valence-corrected chi connectivity index (χ2v) is 5.44. The first-order valence-electron chi connectivity index (χ1n) is 6.77. The van der Waals surface area contributed by atoms with E-state index < -0.39 is 0 Å². The fourth-order valence-electron chi connectivity index (χ4n) is 2.43. The molecule has 1 saturated heterocycles. The molecule has 1 fully saturated rings. The lowest BCUT2D eigenvalue weighted by molar-refractivity contribution is 0.183. The summed E-state index contributed by atoms with van der Waals surface area (Å²) in [6.45, 7) is 5.53. The van der Waals surface area contributed by atoms with Gasteiger partial charge in [0.2, 0.25) is 0 Å². The van der Waals surface area contributed by atoms with Crippen LogP contribution >= 0.6 is 0 Å². The van der Waals surface area contributed by atoms with Crippen molar-refractivity contribution >= 4 is 0 Å². The van der Waals surface area contributed by atoms with E-state index in [1.54, 1.807) is 0 Å². The van der Waals surface area contributed by atoms with Crippen molar-refractivity contribution in [2.24, 2.45) is 12.8 Å². The summed E-state index contributed by atoms with van der Waals surface area (Å²) in [7, 11) is 4.13. The van der Waals surface area contributed by atoms with Crippen molar-refractivity contribution in [1.82, 2.24) is 19.6 Å². The Morgan fingerprint density at radius 3 is 2.78 bits per heavy atom. The third-order valence-corrected chi connectivity index (χ3v) is 3.64. The van der Waals surface area contributed by atoms with Crippen molar-refractivity contribution in [3.63, 3.8) is 0 Å². The summed E-state index contributed by atoms with van der Waals surface area (Å²) in [6.07, 6.45) is 6.31. The van der Waals surface area contributed by atoms with Crippen molar-refractivity contribution in [3.05, 3.63) is 18.0 Å². The molecule has 5 nitrogen and oxygen atoms in total. The van der Waals surface area contributed by atoms with Gasteiger partial charge in [-0.25, -0.2) is 0 Å². The molecule has 102 valence electrons.